The monoisotopic (exact) mass is 1930 g/mol. The van der Waals surface area contributed by atoms with Gasteiger partial charge in [-0.2, -0.15) is 0 Å². The van der Waals surface area contributed by atoms with Crippen molar-refractivity contribution in [1.29, 1.82) is 0 Å². The van der Waals surface area contributed by atoms with E-state index in [0.29, 0.717) is 44.9 Å². The first-order chi connectivity index (χ1) is 77.3. The van der Waals surface area contributed by atoms with Crippen LogP contribution in [0, 0.1) is 0 Å². The van der Waals surface area contributed by atoms with Crippen LogP contribution in [0.3, 0.4) is 0 Å². The van der Waals surface area contributed by atoms with Gasteiger partial charge in [0.1, 0.15) is 50.2 Å². The molecule has 22 aromatic carbocycles. The zero-order chi connectivity index (χ0) is 109. The van der Waals surface area contributed by atoms with Crippen LogP contribution in [-0.2, 0) is 10.8 Å². The molecular formula is C140H101N3O6. The Morgan fingerprint density at radius 3 is 0.691 bits per heavy atom. The molecule has 0 saturated carbocycles. The van der Waals surface area contributed by atoms with Gasteiger partial charge in [-0.3, -0.25) is 0 Å². The van der Waals surface area contributed by atoms with Crippen LogP contribution in [0.5, 0.6) is 0 Å². The molecule has 6 aromatic heterocycles. The number of nitrogens with zero attached hydrogens (tertiary/aromatic N) is 3. The highest BCUT2D eigenvalue weighted by Gasteiger charge is 2.29. The highest BCUT2D eigenvalue weighted by Crippen LogP contribution is 2.52. The smallest absolute Gasteiger partial charge is 0.159 e. The molecule has 712 valence electrons. The summed E-state index contributed by atoms with van der Waals surface area (Å²) < 4.78 is 122. The number of rotatable bonds is 16. The number of fused-ring (bicyclic) bond motifs is 21. The Bertz CT molecular complexity index is 10300. The number of benzene rings is 22. The maximum Gasteiger partial charge on any atom is 0.159 e. The summed E-state index contributed by atoms with van der Waals surface area (Å²) in [6.45, 7) is 13.5. The summed E-state index contributed by atoms with van der Waals surface area (Å²) in [6.07, 6.45) is 0. The molecule has 0 radical (unpaired) electrons. The molecule has 0 aliphatic heterocycles. The number of para-hydroxylation sites is 6. The molecule has 0 fully saturated rings. The van der Waals surface area contributed by atoms with Gasteiger partial charge in [0.15, 0.2) is 16.7 Å². The number of anilines is 9. The average Bonchev–Trinajstić information content (AvgIpc) is 1.58. The van der Waals surface area contributed by atoms with Crippen molar-refractivity contribution in [2.45, 2.75) is 52.4 Å². The van der Waals surface area contributed by atoms with Crippen molar-refractivity contribution in [3.63, 3.8) is 0 Å². The maximum atomic E-state index is 8.52. The van der Waals surface area contributed by atoms with Crippen molar-refractivity contribution in [3.05, 3.63) is 514 Å². The second-order valence-corrected chi connectivity index (χ2v) is 39.7. The summed E-state index contributed by atoms with van der Waals surface area (Å²) in [5.41, 5.74) is 33.3. The third kappa shape index (κ3) is 16.6. The Labute approximate surface area is 876 Å². The molecule has 0 atom stereocenters. The largest absolute Gasteiger partial charge is 0.456 e. The van der Waals surface area contributed by atoms with E-state index in [1.165, 1.54) is 61.2 Å². The highest BCUT2D eigenvalue weighted by atomic mass is 16.4. The van der Waals surface area contributed by atoms with Crippen LogP contribution in [0.2, 0.25) is 0 Å². The van der Waals surface area contributed by atoms with Crippen LogP contribution in [0.4, 0.5) is 51.2 Å². The molecule has 0 N–H and O–H groups in total. The van der Waals surface area contributed by atoms with E-state index in [2.05, 4.69) is 361 Å². The lowest BCUT2D eigenvalue weighted by atomic mass is 9.86. The van der Waals surface area contributed by atoms with Crippen molar-refractivity contribution in [2.24, 2.45) is 0 Å². The van der Waals surface area contributed by atoms with Crippen molar-refractivity contribution >= 4 is 183 Å². The van der Waals surface area contributed by atoms with Gasteiger partial charge in [0.2, 0.25) is 0 Å². The molecule has 6 heterocycles. The maximum absolute atomic E-state index is 8.52. The second kappa shape index (κ2) is 37.3. The predicted octanol–water partition coefficient (Wildman–Crippen LogP) is 41.1. The molecule has 28 rings (SSSR count). The first kappa shape index (κ1) is 79.5. The van der Waals surface area contributed by atoms with Crippen LogP contribution < -0.4 is 14.7 Å². The van der Waals surface area contributed by atoms with Crippen molar-refractivity contribution in [1.82, 2.24) is 0 Å². The van der Waals surface area contributed by atoms with Gasteiger partial charge in [-0.15, -0.1) is 0 Å². The van der Waals surface area contributed by atoms with Gasteiger partial charge in [-0.1, -0.05) is 399 Å². The van der Waals surface area contributed by atoms with Gasteiger partial charge < -0.3 is 41.2 Å². The fourth-order valence-electron chi connectivity index (χ4n) is 21.1. The van der Waals surface area contributed by atoms with E-state index >= 15 is 0 Å². The summed E-state index contributed by atoms with van der Waals surface area (Å²) in [5, 5.41) is 11.9. The van der Waals surface area contributed by atoms with E-state index in [9.17, 15) is 0 Å². The quantitative estimate of drug-likeness (QED) is 0.0938. The lowest BCUT2D eigenvalue weighted by Crippen LogP contribution is -2.10. The lowest BCUT2D eigenvalue weighted by molar-refractivity contribution is 0.590. The highest BCUT2D eigenvalue weighted by molar-refractivity contribution is 6.26. The Balaban J connectivity index is 0.000000118. The number of furan rings is 6. The van der Waals surface area contributed by atoms with Gasteiger partial charge in [-0.25, -0.2) is 0 Å². The fourth-order valence-corrected chi connectivity index (χ4v) is 21.1. The number of hydrogen-bond donors (Lipinski definition) is 0. The van der Waals surface area contributed by atoms with Crippen LogP contribution in [0.1, 0.15) is 66.4 Å². The molecule has 0 spiro atoms. The molecule has 28 aromatic rings. The summed E-state index contributed by atoms with van der Waals surface area (Å²) in [6, 6.07) is 148. The van der Waals surface area contributed by atoms with Gasteiger partial charge in [0, 0.05) is 82.6 Å². The van der Waals surface area contributed by atoms with Crippen molar-refractivity contribution in [3.8, 4) is 77.9 Å². The first-order valence-electron chi connectivity index (χ1n) is 55.1. The molecule has 0 aliphatic carbocycles. The van der Waals surface area contributed by atoms with E-state index < -0.39 is 36.3 Å². The topological polar surface area (TPSA) is 88.6 Å². The summed E-state index contributed by atoms with van der Waals surface area (Å²) in [5.74, 6) is 0. The second-order valence-electron chi connectivity index (χ2n) is 39.7. The SMILES string of the molecule is CC(C)(C)c1ccc(-c2ccc(N(c3ccc(-c4ccc(C(C)(C)C)cc4)cc3)c3cccc4c3oc3c4ccc4oc5ccccc5c43)cc2)cc1.[2H]c1c([2H])c([2H])c(-c2ccc(N(c3ccc(-c4c([2H])c([2H])c([2H])c([2H])c4[2H])cc3)c3cccc4c3oc3c4ccc4oc5ccccc5c43)cc2)c([2H])c1[2H].c1ccc(-c2ccc(N(c3ccc(-c4ccccc4-c4ccccc4)cc3)c3cccc4c3oc3c4ccc4oc5ccccc5c43)cc2)cc1. The van der Waals surface area contributed by atoms with Gasteiger partial charge in [0.05, 0.1) is 46.9 Å². The molecule has 9 heteroatoms. The molecule has 9 nitrogen and oxygen atoms in total. The Morgan fingerprint density at radius 1 is 0.168 bits per heavy atom. The molecule has 0 aliphatic rings. The zero-order valence-corrected chi connectivity index (χ0v) is 82.4. The van der Waals surface area contributed by atoms with E-state index in [4.69, 9.17) is 40.2 Å². The third-order valence-corrected chi connectivity index (χ3v) is 28.6. The molecule has 149 heavy (non-hydrogen) atoms. The molecule has 0 saturated heterocycles. The number of hydrogen-bond acceptors (Lipinski definition) is 9. The minimum Gasteiger partial charge on any atom is -0.456 e. The van der Waals surface area contributed by atoms with Gasteiger partial charge in [0.25, 0.3) is 0 Å². The third-order valence-electron chi connectivity index (χ3n) is 28.6. The molecule has 0 bridgehead atoms. The Morgan fingerprint density at radius 2 is 0.396 bits per heavy atom. The lowest BCUT2D eigenvalue weighted by Gasteiger charge is -2.26. The minimum absolute atomic E-state index is 0.0859. The van der Waals surface area contributed by atoms with Gasteiger partial charge in [-0.05, 0) is 245 Å². The normalized spacial score (nSPS) is 12.8. The molecular weight excluding hydrogens is 1820 g/mol. The Kier molecular flexibility index (Phi) is 19.9. The Hall–Kier alpha value is -19.0. The summed E-state index contributed by atoms with van der Waals surface area (Å²) in [7, 11) is 0. The predicted molar refractivity (Wildman–Crippen MR) is 622 cm³/mol. The van der Waals surface area contributed by atoms with E-state index in [1.54, 1.807) is 48.5 Å². The van der Waals surface area contributed by atoms with E-state index in [-0.39, 0.29) is 46.1 Å². The van der Waals surface area contributed by atoms with E-state index in [0.717, 1.165) is 155 Å². The van der Waals surface area contributed by atoms with Gasteiger partial charge >= 0.3 is 0 Å². The van der Waals surface area contributed by atoms with Crippen LogP contribution in [-0.4, -0.2) is 0 Å². The molecule has 0 unspecified atom stereocenters. The van der Waals surface area contributed by atoms with Crippen LogP contribution in [0.15, 0.2) is 530 Å². The summed E-state index contributed by atoms with van der Waals surface area (Å²) in [4.78, 5) is 6.57. The summed E-state index contributed by atoms with van der Waals surface area (Å²) >= 11 is 0. The fraction of sp³-hybridized carbons (Fsp3) is 0.0571. The van der Waals surface area contributed by atoms with Crippen molar-refractivity contribution in [2.75, 3.05) is 14.7 Å². The molecule has 0 amide bonds. The van der Waals surface area contributed by atoms with E-state index in [1.807, 2.05) is 89.8 Å². The standard InChI is InChI=1S/C50H43NO2.C48H31NO2.C42H27NO2/c1-49(2,3)36-22-14-32(15-23-36)34-18-26-38(27-19-34)51(39-28-20-35(21-29-39)33-16-24-37(25-17-33)50(4,5)6)43-12-9-11-40-41-30-31-45-46(48(41)53-47(40)43)42-10-7-8-13-44(42)52-45;1-3-12-32(13-4-1)33-22-26-36(27-23-33)49(37-28-24-35(25-29-37)39-17-8-7-16-38(39)34-14-5-2-6-15-34)43-20-11-19-40-41-30-31-45-46(48(41)51-47(40)43)42-18-9-10-21-44(42)50-45;1-3-10-28(11-4-1)30-18-22-32(23-19-30)43(33-24-20-31(21-25-33)29-12-5-2-6-13-29)37-16-9-15-34-35-26-27-39-40(42(35)45-41(34)37)36-14-7-8-17-38(36)44-39/h7-31H,1-6H3;1-31H;1-27H/i;;1D,2D,3D,4D,5D,6D,10D,11D,12D,13D. The average molecular weight is 1930 g/mol. The minimum atomic E-state index is -0.465. The van der Waals surface area contributed by atoms with Crippen molar-refractivity contribution < 1.29 is 40.2 Å². The van der Waals surface area contributed by atoms with Crippen LogP contribution >= 0.6 is 0 Å². The first-order valence-corrected chi connectivity index (χ1v) is 50.1. The zero-order valence-electron chi connectivity index (χ0n) is 92.4. The van der Waals surface area contributed by atoms with Crippen LogP contribution in [0.25, 0.3) is 210 Å².